The molecule has 14 heavy (non-hydrogen) atoms. The molecule has 6 heteroatoms. The third-order valence-corrected chi connectivity index (χ3v) is 1.77. The van der Waals surface area contributed by atoms with E-state index >= 15 is 0 Å². The van der Waals surface area contributed by atoms with Gasteiger partial charge in [0.1, 0.15) is 5.82 Å². The van der Waals surface area contributed by atoms with Gasteiger partial charge in [0, 0.05) is 0 Å². The largest absolute Gasteiger partial charge is 1.00 e. The molecule has 0 bridgehead atoms. The van der Waals surface area contributed by atoms with E-state index in [1.54, 1.807) is 6.92 Å². The SMILES string of the molecule is CCc1cc(F)cc([B-](F)(F)F)c1.[K+]. The van der Waals surface area contributed by atoms with Gasteiger partial charge in [0.05, 0.1) is 0 Å². The summed E-state index contributed by atoms with van der Waals surface area (Å²) in [6, 6.07) is 2.63. The molecule has 0 N–H and O–H groups in total. The second-order valence-corrected chi connectivity index (χ2v) is 2.82. The maximum absolute atomic E-state index is 12.7. The molecule has 1 aromatic rings. The van der Waals surface area contributed by atoms with E-state index in [-0.39, 0.29) is 51.4 Å². The van der Waals surface area contributed by atoms with Gasteiger partial charge in [-0.2, -0.15) is 0 Å². The number of hydrogen-bond acceptors (Lipinski definition) is 0. The molecule has 0 aliphatic rings. The molecule has 0 radical (unpaired) electrons. The summed E-state index contributed by atoms with van der Waals surface area (Å²) in [5.41, 5.74) is -0.494. The van der Waals surface area contributed by atoms with Gasteiger partial charge in [-0.05, 0) is 18.1 Å². The second kappa shape index (κ2) is 5.65. The summed E-state index contributed by atoms with van der Waals surface area (Å²) in [7, 11) is 0. The van der Waals surface area contributed by atoms with Crippen LogP contribution in [-0.4, -0.2) is 6.98 Å². The minimum absolute atomic E-state index is 0. The summed E-state index contributed by atoms with van der Waals surface area (Å²) in [5.74, 6) is -0.825. The fourth-order valence-corrected chi connectivity index (χ4v) is 1.07. The quantitative estimate of drug-likeness (QED) is 0.472. The molecule has 72 valence electrons. The van der Waals surface area contributed by atoms with E-state index in [1.807, 2.05) is 0 Å². The van der Waals surface area contributed by atoms with E-state index in [1.165, 1.54) is 0 Å². The molecule has 0 nitrogen and oxygen atoms in total. The first kappa shape index (κ1) is 14.6. The Morgan fingerprint density at radius 2 is 1.71 bits per heavy atom. The van der Waals surface area contributed by atoms with Crippen molar-refractivity contribution in [3.63, 3.8) is 0 Å². The molecule has 0 aliphatic heterocycles. The Labute approximate surface area is 123 Å². The van der Waals surface area contributed by atoms with Crippen LogP contribution in [0.5, 0.6) is 0 Å². The van der Waals surface area contributed by atoms with E-state index < -0.39 is 18.3 Å². The average Bonchev–Trinajstić information content (AvgIpc) is 2.01. The molecule has 0 aliphatic carbocycles. The zero-order chi connectivity index (χ0) is 10.1. The number of hydrogen-bond donors (Lipinski definition) is 0. The van der Waals surface area contributed by atoms with Gasteiger partial charge in [-0.1, -0.05) is 19.1 Å². The Balaban J connectivity index is 0.00000169. The molecular formula is C8H8BF4K. The van der Waals surface area contributed by atoms with Gasteiger partial charge in [-0.25, -0.2) is 4.39 Å². The van der Waals surface area contributed by atoms with Crippen molar-refractivity contribution in [3.8, 4) is 0 Å². The minimum atomic E-state index is -5.09. The Kier molecular flexibility index (Phi) is 5.91. The predicted octanol–water partition coefficient (Wildman–Crippen LogP) is -0.554. The molecule has 0 saturated carbocycles. The smallest absolute Gasteiger partial charge is 0.445 e. The topological polar surface area (TPSA) is 0 Å². The molecule has 0 unspecified atom stereocenters. The molecule has 0 saturated heterocycles. The molecule has 0 aromatic heterocycles. The maximum Gasteiger partial charge on any atom is 1.00 e. The summed E-state index contributed by atoms with van der Waals surface area (Å²) in [5, 5.41) is 0. The van der Waals surface area contributed by atoms with Crippen molar-refractivity contribution < 1.29 is 68.7 Å². The Hall–Kier alpha value is 0.641. The average molecular weight is 230 g/mol. The number of benzene rings is 1. The van der Waals surface area contributed by atoms with Crippen molar-refractivity contribution in [2.24, 2.45) is 0 Å². The Bertz CT molecular complexity index is 311. The first-order chi connectivity index (χ1) is 5.93. The third-order valence-electron chi connectivity index (χ3n) is 1.77. The summed E-state index contributed by atoms with van der Waals surface area (Å²) in [6.07, 6.45) is 0.400. The van der Waals surface area contributed by atoms with Gasteiger partial charge < -0.3 is 12.9 Å². The van der Waals surface area contributed by atoms with Crippen molar-refractivity contribution >= 4 is 12.4 Å². The van der Waals surface area contributed by atoms with Crippen LogP contribution in [0, 0.1) is 5.82 Å². The molecule has 1 rings (SSSR count). The van der Waals surface area contributed by atoms with Crippen LogP contribution in [0.15, 0.2) is 18.2 Å². The first-order valence-corrected chi connectivity index (χ1v) is 3.93. The predicted molar refractivity (Wildman–Crippen MR) is 44.5 cm³/mol. The minimum Gasteiger partial charge on any atom is -0.445 e. The van der Waals surface area contributed by atoms with Gasteiger partial charge in [-0.15, -0.1) is 5.46 Å². The van der Waals surface area contributed by atoms with Gasteiger partial charge in [0.2, 0.25) is 0 Å². The van der Waals surface area contributed by atoms with Crippen LogP contribution in [0.1, 0.15) is 12.5 Å². The summed E-state index contributed by atoms with van der Waals surface area (Å²) >= 11 is 0. The normalized spacial score (nSPS) is 10.9. The van der Waals surface area contributed by atoms with Crippen LogP contribution < -0.4 is 56.8 Å². The standard InChI is InChI=1S/C8H8BF4.K/c1-2-6-3-7(9(11,12)13)5-8(10)4-6;/h3-5H,2H2,1H3;/q-1;+1. The third kappa shape index (κ3) is 4.02. The molecule has 0 atom stereocenters. The van der Waals surface area contributed by atoms with Crippen molar-refractivity contribution in [2.45, 2.75) is 13.3 Å². The van der Waals surface area contributed by atoms with Crippen molar-refractivity contribution in [3.05, 3.63) is 29.6 Å². The van der Waals surface area contributed by atoms with Gasteiger partial charge >= 0.3 is 58.4 Å². The van der Waals surface area contributed by atoms with Crippen LogP contribution in [0.4, 0.5) is 17.3 Å². The van der Waals surface area contributed by atoms with Crippen molar-refractivity contribution in [1.29, 1.82) is 0 Å². The van der Waals surface area contributed by atoms with Crippen LogP contribution in [0.3, 0.4) is 0 Å². The number of halogens is 4. The maximum atomic E-state index is 12.7. The van der Waals surface area contributed by atoms with Crippen molar-refractivity contribution in [2.75, 3.05) is 0 Å². The molecule has 0 heterocycles. The molecule has 1 aromatic carbocycles. The molecular weight excluding hydrogens is 222 g/mol. The fraction of sp³-hybridized carbons (Fsp3) is 0.250. The zero-order valence-corrected chi connectivity index (χ0v) is 11.2. The van der Waals surface area contributed by atoms with Crippen LogP contribution >= 0.6 is 0 Å². The van der Waals surface area contributed by atoms with Gasteiger partial charge in [0.25, 0.3) is 0 Å². The van der Waals surface area contributed by atoms with Gasteiger partial charge in [0.15, 0.2) is 0 Å². The van der Waals surface area contributed by atoms with E-state index in [9.17, 15) is 17.3 Å². The van der Waals surface area contributed by atoms with E-state index in [0.29, 0.717) is 18.1 Å². The van der Waals surface area contributed by atoms with Crippen LogP contribution in [0.2, 0.25) is 0 Å². The summed E-state index contributed by atoms with van der Waals surface area (Å²) < 4.78 is 49.2. The Morgan fingerprint density at radius 1 is 1.14 bits per heavy atom. The molecule has 0 fully saturated rings. The van der Waals surface area contributed by atoms with E-state index in [4.69, 9.17) is 0 Å². The molecule has 0 amide bonds. The second-order valence-electron chi connectivity index (χ2n) is 2.82. The van der Waals surface area contributed by atoms with Gasteiger partial charge in [-0.3, -0.25) is 0 Å². The number of aryl methyl sites for hydroxylation is 1. The van der Waals surface area contributed by atoms with Crippen LogP contribution in [-0.2, 0) is 6.42 Å². The molecule has 0 spiro atoms. The van der Waals surface area contributed by atoms with E-state index in [2.05, 4.69) is 0 Å². The first-order valence-electron chi connectivity index (χ1n) is 3.93. The summed E-state index contributed by atoms with van der Waals surface area (Å²) in [4.78, 5) is 0. The fourth-order valence-electron chi connectivity index (χ4n) is 1.07. The Morgan fingerprint density at radius 3 is 2.14 bits per heavy atom. The number of rotatable bonds is 2. The monoisotopic (exact) mass is 230 g/mol. The van der Waals surface area contributed by atoms with Crippen molar-refractivity contribution in [1.82, 2.24) is 0 Å². The summed E-state index contributed by atoms with van der Waals surface area (Å²) in [6.45, 7) is -3.41. The van der Waals surface area contributed by atoms with E-state index in [0.717, 1.165) is 12.1 Å². The zero-order valence-electron chi connectivity index (χ0n) is 8.03. The van der Waals surface area contributed by atoms with Crippen LogP contribution in [0.25, 0.3) is 0 Å².